The number of anilines is 2. The molecule has 3 rings (SSSR count). The van der Waals surface area contributed by atoms with Crippen molar-refractivity contribution in [2.45, 2.75) is 12.4 Å². The number of rotatable bonds is 4. The number of ether oxygens (including phenoxy) is 1. The molecule has 0 atom stereocenters. The van der Waals surface area contributed by atoms with E-state index in [4.69, 9.17) is 5.73 Å². The van der Waals surface area contributed by atoms with Crippen molar-refractivity contribution in [3.8, 4) is 17.0 Å². The van der Waals surface area contributed by atoms with Crippen LogP contribution in [0.5, 0.6) is 5.75 Å². The van der Waals surface area contributed by atoms with Crippen LogP contribution in [0.4, 0.5) is 24.9 Å². The standard InChI is InChI=1S/C15H16F3N5O/c1-20-10-7-23(8-10)13-6-12(21-14(19)22-13)9-3-2-4-11(5-9)24-15(16,17)18/h2-6,10,20H,7-8H2,1H3,(H2,19,21,22). The Morgan fingerprint density at radius 1 is 1.25 bits per heavy atom. The Labute approximate surface area is 136 Å². The van der Waals surface area contributed by atoms with Gasteiger partial charge in [-0.15, -0.1) is 13.2 Å². The summed E-state index contributed by atoms with van der Waals surface area (Å²) in [5.74, 6) is 0.404. The van der Waals surface area contributed by atoms with Crippen LogP contribution in [0, 0.1) is 0 Å². The number of aromatic nitrogens is 2. The fraction of sp³-hybridized carbons (Fsp3) is 0.333. The van der Waals surface area contributed by atoms with Gasteiger partial charge in [0.05, 0.1) is 5.69 Å². The molecule has 1 aromatic heterocycles. The Bertz CT molecular complexity index is 731. The average molecular weight is 339 g/mol. The highest BCUT2D eigenvalue weighted by Gasteiger charge is 2.31. The first kappa shape index (κ1) is 16.3. The lowest BCUT2D eigenvalue weighted by Gasteiger charge is -2.40. The van der Waals surface area contributed by atoms with Crippen molar-refractivity contribution in [3.05, 3.63) is 30.3 Å². The number of nitrogen functional groups attached to an aromatic ring is 1. The van der Waals surface area contributed by atoms with Crippen molar-refractivity contribution in [1.82, 2.24) is 15.3 Å². The highest BCUT2D eigenvalue weighted by Crippen LogP contribution is 2.29. The number of halogens is 3. The summed E-state index contributed by atoms with van der Waals surface area (Å²) in [7, 11) is 1.88. The number of nitrogens with two attached hydrogens (primary N) is 1. The van der Waals surface area contributed by atoms with E-state index in [2.05, 4.69) is 20.0 Å². The van der Waals surface area contributed by atoms with Gasteiger partial charge in [0.15, 0.2) is 0 Å². The molecule has 0 aliphatic carbocycles. The van der Waals surface area contributed by atoms with Gasteiger partial charge in [-0.2, -0.15) is 4.98 Å². The normalized spacial score (nSPS) is 15.2. The maximum absolute atomic E-state index is 12.4. The number of nitrogens with one attached hydrogen (secondary N) is 1. The van der Waals surface area contributed by atoms with E-state index in [1.54, 1.807) is 12.1 Å². The molecule has 1 fully saturated rings. The van der Waals surface area contributed by atoms with Crippen LogP contribution in [-0.2, 0) is 0 Å². The molecule has 1 aliphatic rings. The summed E-state index contributed by atoms with van der Waals surface area (Å²) in [5.41, 5.74) is 6.66. The number of hydrogen-bond donors (Lipinski definition) is 2. The van der Waals surface area contributed by atoms with Crippen molar-refractivity contribution in [3.63, 3.8) is 0 Å². The highest BCUT2D eigenvalue weighted by molar-refractivity contribution is 5.66. The Hall–Kier alpha value is -2.55. The van der Waals surface area contributed by atoms with Crippen LogP contribution >= 0.6 is 0 Å². The van der Waals surface area contributed by atoms with Crippen molar-refractivity contribution in [1.29, 1.82) is 0 Å². The molecular weight excluding hydrogens is 323 g/mol. The fourth-order valence-electron chi connectivity index (χ4n) is 2.46. The van der Waals surface area contributed by atoms with E-state index in [1.165, 1.54) is 18.2 Å². The van der Waals surface area contributed by atoms with Crippen LogP contribution in [0.15, 0.2) is 30.3 Å². The third kappa shape index (κ3) is 3.67. The van der Waals surface area contributed by atoms with E-state index in [9.17, 15) is 13.2 Å². The monoisotopic (exact) mass is 339 g/mol. The van der Waals surface area contributed by atoms with Gasteiger partial charge in [0, 0.05) is 30.8 Å². The van der Waals surface area contributed by atoms with E-state index in [0.29, 0.717) is 23.1 Å². The summed E-state index contributed by atoms with van der Waals surface area (Å²) in [6, 6.07) is 7.69. The minimum absolute atomic E-state index is 0.0672. The molecule has 1 saturated heterocycles. The van der Waals surface area contributed by atoms with Crippen LogP contribution in [0.1, 0.15) is 0 Å². The summed E-state index contributed by atoms with van der Waals surface area (Å²) >= 11 is 0. The van der Waals surface area contributed by atoms with Gasteiger partial charge < -0.3 is 20.7 Å². The molecule has 3 N–H and O–H groups in total. The number of nitrogens with zero attached hydrogens (tertiary/aromatic N) is 3. The molecule has 1 aromatic carbocycles. The Morgan fingerprint density at radius 3 is 2.67 bits per heavy atom. The van der Waals surface area contributed by atoms with Gasteiger partial charge in [-0.05, 0) is 19.2 Å². The van der Waals surface area contributed by atoms with Crippen molar-refractivity contribution in [2.75, 3.05) is 30.8 Å². The molecule has 128 valence electrons. The number of alkyl halides is 3. The van der Waals surface area contributed by atoms with E-state index in [1.807, 2.05) is 11.9 Å². The summed E-state index contributed by atoms with van der Waals surface area (Å²) in [5, 5.41) is 3.15. The van der Waals surface area contributed by atoms with Crippen LogP contribution in [0.3, 0.4) is 0 Å². The molecule has 24 heavy (non-hydrogen) atoms. The lowest BCUT2D eigenvalue weighted by molar-refractivity contribution is -0.274. The van der Waals surface area contributed by atoms with Crippen LogP contribution in [0.2, 0.25) is 0 Å². The third-order valence-electron chi connectivity index (χ3n) is 3.71. The minimum Gasteiger partial charge on any atom is -0.406 e. The maximum atomic E-state index is 12.4. The zero-order valence-electron chi connectivity index (χ0n) is 12.8. The van der Waals surface area contributed by atoms with Gasteiger partial charge in [-0.1, -0.05) is 12.1 Å². The second-order valence-corrected chi connectivity index (χ2v) is 5.44. The molecule has 2 heterocycles. The van der Waals surface area contributed by atoms with Gasteiger partial charge in [0.2, 0.25) is 5.95 Å². The summed E-state index contributed by atoms with van der Waals surface area (Å²) < 4.78 is 41.0. The zero-order valence-corrected chi connectivity index (χ0v) is 12.8. The lowest BCUT2D eigenvalue weighted by Crippen LogP contribution is -2.57. The van der Waals surface area contributed by atoms with Crippen LogP contribution in [0.25, 0.3) is 11.3 Å². The molecular formula is C15H16F3N5O. The van der Waals surface area contributed by atoms with E-state index >= 15 is 0 Å². The Balaban J connectivity index is 1.87. The molecule has 0 amide bonds. The molecule has 0 spiro atoms. The lowest BCUT2D eigenvalue weighted by atomic mass is 10.1. The largest absolute Gasteiger partial charge is 0.573 e. The molecule has 0 unspecified atom stereocenters. The number of hydrogen-bond acceptors (Lipinski definition) is 6. The van der Waals surface area contributed by atoms with Gasteiger partial charge in [0.1, 0.15) is 11.6 Å². The predicted molar refractivity (Wildman–Crippen MR) is 83.6 cm³/mol. The van der Waals surface area contributed by atoms with Crippen LogP contribution in [-0.4, -0.2) is 42.5 Å². The predicted octanol–water partition coefficient (Wildman–Crippen LogP) is 2.03. The molecule has 0 bridgehead atoms. The summed E-state index contributed by atoms with van der Waals surface area (Å²) in [6.07, 6.45) is -4.74. The van der Waals surface area contributed by atoms with E-state index in [-0.39, 0.29) is 11.7 Å². The zero-order chi connectivity index (χ0) is 17.3. The van der Waals surface area contributed by atoms with Crippen molar-refractivity contribution >= 4 is 11.8 Å². The van der Waals surface area contributed by atoms with E-state index in [0.717, 1.165) is 13.1 Å². The topological polar surface area (TPSA) is 76.3 Å². The first-order valence-electron chi connectivity index (χ1n) is 7.27. The van der Waals surface area contributed by atoms with Gasteiger partial charge in [-0.3, -0.25) is 0 Å². The quantitative estimate of drug-likeness (QED) is 0.888. The second-order valence-electron chi connectivity index (χ2n) is 5.44. The highest BCUT2D eigenvalue weighted by atomic mass is 19.4. The number of likely N-dealkylation sites (N-methyl/N-ethyl adjacent to an activating group) is 1. The van der Waals surface area contributed by atoms with Crippen LogP contribution < -0.4 is 20.7 Å². The fourth-order valence-corrected chi connectivity index (χ4v) is 2.46. The SMILES string of the molecule is CNC1CN(c2cc(-c3cccc(OC(F)(F)F)c3)nc(N)n2)C1. The van der Waals surface area contributed by atoms with Gasteiger partial charge >= 0.3 is 6.36 Å². The van der Waals surface area contributed by atoms with E-state index < -0.39 is 6.36 Å². The smallest absolute Gasteiger partial charge is 0.406 e. The average Bonchev–Trinajstić information content (AvgIpc) is 2.44. The molecule has 2 aromatic rings. The first-order chi connectivity index (χ1) is 11.3. The number of benzene rings is 1. The summed E-state index contributed by atoms with van der Waals surface area (Å²) in [4.78, 5) is 10.3. The van der Waals surface area contributed by atoms with Crippen molar-refractivity contribution in [2.24, 2.45) is 0 Å². The molecule has 1 aliphatic heterocycles. The Kier molecular flexibility index (Phi) is 4.18. The maximum Gasteiger partial charge on any atom is 0.573 e. The molecule has 6 nitrogen and oxygen atoms in total. The van der Waals surface area contributed by atoms with Crippen molar-refractivity contribution < 1.29 is 17.9 Å². The summed E-state index contributed by atoms with van der Waals surface area (Å²) in [6.45, 7) is 1.56. The molecule has 0 radical (unpaired) electrons. The van der Waals surface area contributed by atoms with Gasteiger partial charge in [-0.25, -0.2) is 4.98 Å². The third-order valence-corrected chi connectivity index (χ3v) is 3.71. The Morgan fingerprint density at radius 2 is 2.00 bits per heavy atom. The molecule has 9 heteroatoms. The molecule has 0 saturated carbocycles. The first-order valence-corrected chi connectivity index (χ1v) is 7.27. The van der Waals surface area contributed by atoms with Gasteiger partial charge in [0.25, 0.3) is 0 Å². The second kappa shape index (κ2) is 6.16. The minimum atomic E-state index is -4.74.